The normalized spacial score (nSPS) is 17.1. The number of thiocarbonyl (C=S) groups is 1. The zero-order valence-electron chi connectivity index (χ0n) is 9.60. The number of halogens is 1. The summed E-state index contributed by atoms with van der Waals surface area (Å²) in [5, 5.41) is 0.779. The van der Waals surface area contributed by atoms with E-state index in [0.717, 1.165) is 37.7 Å². The van der Waals surface area contributed by atoms with Crippen LogP contribution in [0.5, 0.6) is 0 Å². The number of nitrogens with two attached hydrogens (primary N) is 1. The summed E-state index contributed by atoms with van der Waals surface area (Å²) in [7, 11) is 0. The summed E-state index contributed by atoms with van der Waals surface area (Å²) < 4.78 is 0. The summed E-state index contributed by atoms with van der Waals surface area (Å²) in [4.78, 5) is 5.21. The van der Waals surface area contributed by atoms with E-state index in [2.05, 4.69) is 21.9 Å². The van der Waals surface area contributed by atoms with E-state index >= 15 is 0 Å². The van der Waals surface area contributed by atoms with Crippen LogP contribution in [0.15, 0.2) is 24.3 Å². The molecule has 0 aliphatic carbocycles. The second-order valence-electron chi connectivity index (χ2n) is 4.21. The summed E-state index contributed by atoms with van der Waals surface area (Å²) in [5.74, 6) is 0. The number of piperazine rings is 1. The quantitative estimate of drug-likeness (QED) is 0.848. The van der Waals surface area contributed by atoms with E-state index in [4.69, 9.17) is 29.6 Å². The molecule has 0 radical (unpaired) electrons. The lowest BCUT2D eigenvalue weighted by atomic mass is 10.2. The zero-order chi connectivity index (χ0) is 12.3. The lowest BCUT2D eigenvalue weighted by molar-refractivity contribution is 0.292. The molecule has 1 fully saturated rings. The van der Waals surface area contributed by atoms with E-state index < -0.39 is 0 Å². The molecule has 2 N–H and O–H groups in total. The van der Waals surface area contributed by atoms with Gasteiger partial charge in [0.2, 0.25) is 0 Å². The van der Waals surface area contributed by atoms with E-state index in [1.165, 1.54) is 5.69 Å². The molecule has 1 aromatic carbocycles. The minimum atomic E-state index is 0.574. The van der Waals surface area contributed by atoms with Gasteiger partial charge in [0.1, 0.15) is 0 Å². The van der Waals surface area contributed by atoms with Crippen molar-refractivity contribution in [1.82, 2.24) is 4.90 Å². The van der Waals surface area contributed by atoms with Crippen molar-refractivity contribution in [3.05, 3.63) is 29.3 Å². The molecule has 92 valence electrons. The Balaban J connectivity index is 1.90. The fraction of sp³-hybridized carbons (Fsp3) is 0.417. The highest BCUT2D eigenvalue weighted by molar-refractivity contribution is 7.80. The maximum absolute atomic E-state index is 5.88. The molecule has 5 heteroatoms. The van der Waals surface area contributed by atoms with E-state index in [0.29, 0.717) is 4.99 Å². The Labute approximate surface area is 112 Å². The Hall–Kier alpha value is -0.840. The van der Waals surface area contributed by atoms with E-state index in [-0.39, 0.29) is 0 Å². The first-order valence-electron chi connectivity index (χ1n) is 5.66. The monoisotopic (exact) mass is 269 g/mol. The van der Waals surface area contributed by atoms with E-state index in [1.54, 1.807) is 0 Å². The molecule has 0 unspecified atom stereocenters. The molecule has 1 heterocycles. The molecule has 0 bridgehead atoms. The predicted molar refractivity (Wildman–Crippen MR) is 76.9 cm³/mol. The molecule has 0 amide bonds. The predicted octanol–water partition coefficient (Wildman–Crippen LogP) is 1.75. The van der Waals surface area contributed by atoms with Gasteiger partial charge in [-0.1, -0.05) is 23.8 Å². The standard InChI is InChI=1S/C12H16ClN3S/c13-10-1-3-11(4-2-10)16-7-5-15(6-8-16)9-12(14)17/h1-4H,5-9H2,(H2,14,17). The van der Waals surface area contributed by atoms with Gasteiger partial charge in [0.25, 0.3) is 0 Å². The highest BCUT2D eigenvalue weighted by atomic mass is 35.5. The number of anilines is 1. The van der Waals surface area contributed by atoms with Gasteiger partial charge in [-0.05, 0) is 24.3 Å². The summed E-state index contributed by atoms with van der Waals surface area (Å²) in [5.41, 5.74) is 6.77. The Bertz CT molecular complexity index is 385. The third-order valence-electron chi connectivity index (χ3n) is 2.94. The topological polar surface area (TPSA) is 32.5 Å². The number of rotatable bonds is 3. The van der Waals surface area contributed by atoms with Gasteiger partial charge in [0.05, 0.1) is 4.99 Å². The van der Waals surface area contributed by atoms with E-state index in [9.17, 15) is 0 Å². The molecule has 0 aromatic heterocycles. The molecule has 0 spiro atoms. The average molecular weight is 270 g/mol. The zero-order valence-corrected chi connectivity index (χ0v) is 11.2. The van der Waals surface area contributed by atoms with Gasteiger partial charge in [-0.15, -0.1) is 0 Å². The smallest absolute Gasteiger partial charge is 0.0870 e. The van der Waals surface area contributed by atoms with Crippen LogP contribution in [-0.4, -0.2) is 42.6 Å². The van der Waals surface area contributed by atoms with Crippen molar-refractivity contribution in [3.63, 3.8) is 0 Å². The maximum atomic E-state index is 5.88. The molecule has 1 saturated heterocycles. The van der Waals surface area contributed by atoms with Crippen LogP contribution in [0.25, 0.3) is 0 Å². The molecule has 0 saturated carbocycles. The maximum Gasteiger partial charge on any atom is 0.0870 e. The van der Waals surface area contributed by atoms with Gasteiger partial charge in [0, 0.05) is 43.4 Å². The third-order valence-corrected chi connectivity index (χ3v) is 3.32. The molecule has 1 aromatic rings. The van der Waals surface area contributed by atoms with Crippen molar-refractivity contribution >= 4 is 34.5 Å². The van der Waals surface area contributed by atoms with Crippen LogP contribution < -0.4 is 10.6 Å². The number of nitrogens with zero attached hydrogens (tertiary/aromatic N) is 2. The highest BCUT2D eigenvalue weighted by Gasteiger charge is 2.17. The average Bonchev–Trinajstić information content (AvgIpc) is 2.30. The van der Waals surface area contributed by atoms with Crippen LogP contribution in [-0.2, 0) is 0 Å². The molecular weight excluding hydrogens is 254 g/mol. The molecule has 2 rings (SSSR count). The SMILES string of the molecule is NC(=S)CN1CCN(c2ccc(Cl)cc2)CC1. The van der Waals surface area contributed by atoms with Crippen LogP contribution in [0.2, 0.25) is 5.02 Å². The highest BCUT2D eigenvalue weighted by Crippen LogP contribution is 2.19. The van der Waals surface area contributed by atoms with Crippen LogP contribution in [0, 0.1) is 0 Å². The molecule has 17 heavy (non-hydrogen) atoms. The molecule has 1 aliphatic rings. The van der Waals surface area contributed by atoms with Crippen molar-refractivity contribution in [1.29, 1.82) is 0 Å². The van der Waals surface area contributed by atoms with Crippen molar-refractivity contribution < 1.29 is 0 Å². The van der Waals surface area contributed by atoms with Gasteiger partial charge in [0.15, 0.2) is 0 Å². The van der Waals surface area contributed by atoms with Crippen LogP contribution in [0.4, 0.5) is 5.69 Å². The minimum absolute atomic E-state index is 0.574. The Morgan fingerprint density at radius 2 is 1.76 bits per heavy atom. The van der Waals surface area contributed by atoms with Gasteiger partial charge >= 0.3 is 0 Å². The Kier molecular flexibility index (Phi) is 4.20. The largest absolute Gasteiger partial charge is 0.392 e. The summed E-state index contributed by atoms with van der Waals surface area (Å²) in [6.45, 7) is 4.73. The van der Waals surface area contributed by atoms with Crippen LogP contribution >= 0.6 is 23.8 Å². The third kappa shape index (κ3) is 3.56. The molecule has 0 atom stereocenters. The minimum Gasteiger partial charge on any atom is -0.392 e. The molecular formula is C12H16ClN3S. The van der Waals surface area contributed by atoms with Crippen molar-refractivity contribution in [3.8, 4) is 0 Å². The first-order valence-corrected chi connectivity index (χ1v) is 6.45. The first-order chi connectivity index (χ1) is 8.15. The lowest BCUT2D eigenvalue weighted by Crippen LogP contribution is -2.48. The number of hydrogen-bond acceptors (Lipinski definition) is 3. The number of hydrogen-bond donors (Lipinski definition) is 1. The van der Waals surface area contributed by atoms with Crippen LogP contribution in [0.1, 0.15) is 0 Å². The molecule has 1 aliphatic heterocycles. The van der Waals surface area contributed by atoms with Gasteiger partial charge in [-0.25, -0.2) is 0 Å². The van der Waals surface area contributed by atoms with Gasteiger partial charge < -0.3 is 10.6 Å². The molecule has 3 nitrogen and oxygen atoms in total. The summed E-state index contributed by atoms with van der Waals surface area (Å²) >= 11 is 10.8. The fourth-order valence-electron chi connectivity index (χ4n) is 2.04. The van der Waals surface area contributed by atoms with Crippen molar-refractivity contribution in [2.45, 2.75) is 0 Å². The van der Waals surface area contributed by atoms with Crippen molar-refractivity contribution in [2.24, 2.45) is 5.73 Å². The summed E-state index contributed by atoms with van der Waals surface area (Å²) in [6, 6.07) is 7.98. The van der Waals surface area contributed by atoms with E-state index in [1.807, 2.05) is 12.1 Å². The number of benzene rings is 1. The second kappa shape index (κ2) is 5.67. The van der Waals surface area contributed by atoms with Gasteiger partial charge in [-0.3, -0.25) is 4.90 Å². The second-order valence-corrected chi connectivity index (χ2v) is 5.17. The Morgan fingerprint density at radius 1 is 1.18 bits per heavy atom. The fourth-order valence-corrected chi connectivity index (χ4v) is 2.35. The lowest BCUT2D eigenvalue weighted by Gasteiger charge is -2.35. The van der Waals surface area contributed by atoms with Crippen LogP contribution in [0.3, 0.4) is 0 Å². The van der Waals surface area contributed by atoms with Crippen molar-refractivity contribution in [2.75, 3.05) is 37.6 Å². The Morgan fingerprint density at radius 3 is 2.29 bits per heavy atom. The first kappa shape index (κ1) is 12.6. The summed E-state index contributed by atoms with van der Waals surface area (Å²) in [6.07, 6.45) is 0. The van der Waals surface area contributed by atoms with Gasteiger partial charge in [-0.2, -0.15) is 0 Å².